The molecular formula is C29H28N2O5. The van der Waals surface area contributed by atoms with Gasteiger partial charge in [0.1, 0.15) is 17.1 Å². The highest BCUT2D eigenvalue weighted by Gasteiger charge is 2.20. The van der Waals surface area contributed by atoms with Gasteiger partial charge in [-0.3, -0.25) is 9.59 Å². The number of aryl methyl sites for hydroxylation is 1. The van der Waals surface area contributed by atoms with E-state index in [2.05, 4.69) is 5.32 Å². The largest absolute Gasteiger partial charge is 0.496 e. The number of allylic oxidation sites excluding steroid dienone is 1. The van der Waals surface area contributed by atoms with Gasteiger partial charge in [-0.25, -0.2) is 0 Å². The highest BCUT2D eigenvalue weighted by molar-refractivity contribution is 6.09. The summed E-state index contributed by atoms with van der Waals surface area (Å²) in [4.78, 5) is 24.6. The lowest BCUT2D eigenvalue weighted by atomic mass is 9.96. The average Bonchev–Trinajstić information content (AvgIpc) is 3.29. The number of hydrogen-bond acceptors (Lipinski definition) is 5. The Hall–Kier alpha value is -4.52. The molecule has 36 heavy (non-hydrogen) atoms. The highest BCUT2D eigenvalue weighted by Crippen LogP contribution is 2.42. The Kier molecular flexibility index (Phi) is 7.10. The van der Waals surface area contributed by atoms with Crippen molar-refractivity contribution in [2.24, 2.45) is 5.73 Å². The van der Waals surface area contributed by atoms with Crippen LogP contribution in [0.25, 0.3) is 27.7 Å². The molecule has 184 valence electrons. The molecule has 4 rings (SSSR count). The third-order valence-corrected chi connectivity index (χ3v) is 5.95. The van der Waals surface area contributed by atoms with Crippen LogP contribution in [0.5, 0.6) is 11.5 Å². The van der Waals surface area contributed by atoms with Crippen molar-refractivity contribution in [3.8, 4) is 22.6 Å². The molecule has 0 aliphatic heterocycles. The Morgan fingerprint density at radius 1 is 1.06 bits per heavy atom. The molecule has 1 aromatic heterocycles. The predicted octanol–water partition coefficient (Wildman–Crippen LogP) is 5.96. The van der Waals surface area contributed by atoms with E-state index in [1.54, 1.807) is 37.6 Å². The molecule has 0 spiro atoms. The molecule has 4 aromatic rings. The second kappa shape index (κ2) is 10.4. The summed E-state index contributed by atoms with van der Waals surface area (Å²) in [5.74, 6) is 0.367. The van der Waals surface area contributed by atoms with Gasteiger partial charge in [-0.15, -0.1) is 0 Å². The first-order valence-electron chi connectivity index (χ1n) is 11.5. The lowest BCUT2D eigenvalue weighted by Gasteiger charge is -2.15. The number of anilines is 1. The molecule has 7 heteroatoms. The lowest BCUT2D eigenvalue weighted by Crippen LogP contribution is -2.17. The minimum atomic E-state index is -0.616. The highest BCUT2D eigenvalue weighted by atomic mass is 16.5. The fraction of sp³-hybridized carbons (Fsp3) is 0.172. The van der Waals surface area contributed by atoms with Gasteiger partial charge in [0.15, 0.2) is 0 Å². The van der Waals surface area contributed by atoms with Crippen molar-refractivity contribution < 1.29 is 23.5 Å². The number of para-hydroxylation sites is 2. The SMILES string of the molecule is CCOc1c(/C(C)=C/C(=O)Nc2ccccc2C(N)=O)cc2c(-c3ccccc3OC)coc2c1C. The number of furan rings is 1. The maximum absolute atomic E-state index is 12.9. The summed E-state index contributed by atoms with van der Waals surface area (Å²) in [7, 11) is 1.63. The van der Waals surface area contributed by atoms with Crippen molar-refractivity contribution >= 4 is 34.0 Å². The summed E-state index contributed by atoms with van der Waals surface area (Å²) < 4.78 is 17.5. The van der Waals surface area contributed by atoms with Crippen LogP contribution in [0.4, 0.5) is 5.69 Å². The number of ether oxygens (including phenoxy) is 2. The van der Waals surface area contributed by atoms with E-state index in [1.165, 1.54) is 6.08 Å². The molecule has 0 saturated carbocycles. The fourth-order valence-corrected chi connectivity index (χ4v) is 4.26. The third-order valence-electron chi connectivity index (χ3n) is 5.95. The van der Waals surface area contributed by atoms with E-state index in [0.717, 1.165) is 33.4 Å². The van der Waals surface area contributed by atoms with Gasteiger partial charge in [0.25, 0.3) is 5.91 Å². The Labute approximate surface area is 209 Å². The molecule has 2 amide bonds. The second-order valence-electron chi connectivity index (χ2n) is 8.26. The van der Waals surface area contributed by atoms with Crippen molar-refractivity contribution in [3.05, 3.63) is 83.6 Å². The maximum atomic E-state index is 12.9. The monoisotopic (exact) mass is 484 g/mol. The molecular weight excluding hydrogens is 456 g/mol. The van der Waals surface area contributed by atoms with Crippen LogP contribution in [-0.4, -0.2) is 25.5 Å². The summed E-state index contributed by atoms with van der Waals surface area (Å²) in [6, 6.07) is 16.3. The van der Waals surface area contributed by atoms with Crippen LogP contribution >= 0.6 is 0 Å². The Morgan fingerprint density at radius 3 is 2.50 bits per heavy atom. The quantitative estimate of drug-likeness (QED) is 0.301. The van der Waals surface area contributed by atoms with E-state index >= 15 is 0 Å². The van der Waals surface area contributed by atoms with Gasteiger partial charge in [0.2, 0.25) is 5.91 Å². The van der Waals surface area contributed by atoms with Crippen LogP contribution in [0.15, 0.2) is 71.4 Å². The molecule has 3 N–H and O–H groups in total. The van der Waals surface area contributed by atoms with Crippen molar-refractivity contribution in [2.45, 2.75) is 20.8 Å². The molecule has 0 bridgehead atoms. The summed E-state index contributed by atoms with van der Waals surface area (Å²) in [6.07, 6.45) is 3.19. The normalized spacial score (nSPS) is 11.4. The fourth-order valence-electron chi connectivity index (χ4n) is 4.26. The zero-order chi connectivity index (χ0) is 25.8. The number of nitrogens with one attached hydrogen (secondary N) is 1. The van der Waals surface area contributed by atoms with E-state index < -0.39 is 11.8 Å². The van der Waals surface area contributed by atoms with Crippen molar-refractivity contribution in [1.82, 2.24) is 0 Å². The van der Waals surface area contributed by atoms with Crippen molar-refractivity contribution in [1.29, 1.82) is 0 Å². The van der Waals surface area contributed by atoms with E-state index in [1.807, 2.05) is 51.1 Å². The first-order chi connectivity index (χ1) is 17.3. The minimum absolute atomic E-state index is 0.240. The molecule has 0 atom stereocenters. The molecule has 0 radical (unpaired) electrons. The Morgan fingerprint density at radius 2 is 1.78 bits per heavy atom. The van der Waals surface area contributed by atoms with Crippen LogP contribution in [-0.2, 0) is 4.79 Å². The Balaban J connectivity index is 1.80. The van der Waals surface area contributed by atoms with Gasteiger partial charge in [-0.05, 0) is 50.6 Å². The molecule has 0 unspecified atom stereocenters. The van der Waals surface area contributed by atoms with Gasteiger partial charge in [0, 0.05) is 33.7 Å². The van der Waals surface area contributed by atoms with Crippen LogP contribution in [0.1, 0.15) is 35.3 Å². The molecule has 0 saturated heterocycles. The molecule has 0 aliphatic carbocycles. The minimum Gasteiger partial charge on any atom is -0.496 e. The smallest absolute Gasteiger partial charge is 0.250 e. The van der Waals surface area contributed by atoms with Gasteiger partial charge in [-0.1, -0.05) is 30.3 Å². The number of methoxy groups -OCH3 is 1. The maximum Gasteiger partial charge on any atom is 0.250 e. The molecule has 0 fully saturated rings. The third kappa shape index (κ3) is 4.68. The van der Waals surface area contributed by atoms with Crippen LogP contribution in [0, 0.1) is 6.92 Å². The van der Waals surface area contributed by atoms with E-state index in [4.69, 9.17) is 19.6 Å². The molecule has 1 heterocycles. The van der Waals surface area contributed by atoms with Crippen molar-refractivity contribution in [3.63, 3.8) is 0 Å². The standard InChI is InChI=1S/C29H28N2O5/c1-5-35-27-18(3)28-22(23(16-36-28)19-10-7-9-13-25(19)34-4)15-21(27)17(2)14-26(32)31-24-12-8-6-11-20(24)29(30)33/h6-16H,5H2,1-4H3,(H2,30,33)(H,31,32)/b17-14+. The number of benzene rings is 3. The summed E-state index contributed by atoms with van der Waals surface area (Å²) in [5, 5.41) is 3.63. The first-order valence-corrected chi connectivity index (χ1v) is 11.5. The zero-order valence-corrected chi connectivity index (χ0v) is 20.7. The number of carbonyl (C=O) groups excluding carboxylic acids is 2. The lowest BCUT2D eigenvalue weighted by molar-refractivity contribution is -0.111. The topological polar surface area (TPSA) is 104 Å². The van der Waals surface area contributed by atoms with E-state index in [-0.39, 0.29) is 5.56 Å². The molecule has 3 aromatic carbocycles. The van der Waals surface area contributed by atoms with Gasteiger partial charge >= 0.3 is 0 Å². The van der Waals surface area contributed by atoms with Crippen LogP contribution in [0.3, 0.4) is 0 Å². The average molecular weight is 485 g/mol. The summed E-state index contributed by atoms with van der Waals surface area (Å²) >= 11 is 0. The van der Waals surface area contributed by atoms with Gasteiger partial charge in [-0.2, -0.15) is 0 Å². The number of primary amides is 1. The molecule has 0 aliphatic rings. The number of carbonyl (C=O) groups is 2. The predicted molar refractivity (Wildman–Crippen MR) is 141 cm³/mol. The number of hydrogen-bond donors (Lipinski definition) is 2. The van der Waals surface area contributed by atoms with Gasteiger partial charge in [0.05, 0.1) is 31.2 Å². The number of fused-ring (bicyclic) bond motifs is 1. The Bertz CT molecular complexity index is 1480. The van der Waals surface area contributed by atoms with Crippen LogP contribution < -0.4 is 20.5 Å². The van der Waals surface area contributed by atoms with E-state index in [9.17, 15) is 9.59 Å². The summed E-state index contributed by atoms with van der Waals surface area (Å²) in [5.41, 5.74) is 10.8. The second-order valence-corrected chi connectivity index (χ2v) is 8.26. The van der Waals surface area contributed by atoms with Gasteiger partial charge < -0.3 is 24.9 Å². The first kappa shape index (κ1) is 24.6. The van der Waals surface area contributed by atoms with Crippen LogP contribution in [0.2, 0.25) is 0 Å². The zero-order valence-electron chi connectivity index (χ0n) is 20.7. The molecule has 7 nitrogen and oxygen atoms in total. The number of nitrogens with two attached hydrogens (primary N) is 1. The summed E-state index contributed by atoms with van der Waals surface area (Å²) in [6.45, 7) is 6.13. The number of rotatable bonds is 8. The number of amides is 2. The van der Waals surface area contributed by atoms with E-state index in [0.29, 0.717) is 29.2 Å². The van der Waals surface area contributed by atoms with Crippen molar-refractivity contribution in [2.75, 3.05) is 19.0 Å².